The molecule has 0 saturated carbocycles. The molecule has 1 heterocycles. The largest absolute Gasteiger partial charge is 0.359 e. The third kappa shape index (κ3) is 2.51. The maximum Gasteiger partial charge on any atom is 0.275 e. The van der Waals surface area contributed by atoms with Crippen molar-refractivity contribution >= 4 is 11.4 Å². The van der Waals surface area contributed by atoms with Crippen LogP contribution in [0.3, 0.4) is 0 Å². The first-order valence-electron chi connectivity index (χ1n) is 5.95. The zero-order valence-corrected chi connectivity index (χ0v) is 10.7. The van der Waals surface area contributed by atoms with Gasteiger partial charge in [0, 0.05) is 25.2 Å². The minimum atomic E-state index is -0.901. The van der Waals surface area contributed by atoms with Gasteiger partial charge in [-0.25, -0.2) is 8.78 Å². The number of piperazine rings is 1. The fourth-order valence-electron chi connectivity index (χ4n) is 2.31. The Labute approximate surface area is 109 Å². The minimum absolute atomic E-state index is 0.197. The molecule has 0 bridgehead atoms. The number of rotatable bonds is 2. The lowest BCUT2D eigenvalue weighted by atomic mass is 9.98. The van der Waals surface area contributed by atoms with Crippen molar-refractivity contribution < 1.29 is 13.7 Å². The first-order valence-corrected chi connectivity index (χ1v) is 5.95. The fourth-order valence-corrected chi connectivity index (χ4v) is 2.31. The highest BCUT2D eigenvalue weighted by Crippen LogP contribution is 2.33. The van der Waals surface area contributed by atoms with Gasteiger partial charge >= 0.3 is 0 Å². The highest BCUT2D eigenvalue weighted by Gasteiger charge is 2.34. The molecule has 1 aromatic carbocycles. The zero-order valence-electron chi connectivity index (χ0n) is 10.7. The van der Waals surface area contributed by atoms with E-state index in [2.05, 4.69) is 5.32 Å². The Morgan fingerprint density at radius 3 is 2.42 bits per heavy atom. The monoisotopic (exact) mass is 271 g/mol. The van der Waals surface area contributed by atoms with Crippen molar-refractivity contribution in [3.63, 3.8) is 0 Å². The van der Waals surface area contributed by atoms with Crippen LogP contribution in [0.25, 0.3) is 0 Å². The molecule has 1 N–H and O–H groups in total. The van der Waals surface area contributed by atoms with E-state index in [1.54, 1.807) is 4.90 Å². The number of non-ortho nitro benzene ring substituents is 1. The number of hydrogen-bond acceptors (Lipinski definition) is 4. The molecule has 0 radical (unpaired) electrons. The molecule has 1 aromatic rings. The molecule has 0 unspecified atom stereocenters. The van der Waals surface area contributed by atoms with Gasteiger partial charge in [0.15, 0.2) is 11.6 Å². The number of nitro benzene ring substituents is 1. The standard InChI is InChI=1S/C12H15F2N3O2/c1-12(2)7-15-3-4-16(12)11-9(13)5-8(17(18)19)6-10(11)14/h5-6,15H,3-4,7H2,1-2H3. The smallest absolute Gasteiger partial charge is 0.275 e. The van der Waals surface area contributed by atoms with Crippen molar-refractivity contribution in [2.24, 2.45) is 0 Å². The van der Waals surface area contributed by atoms with Crippen LogP contribution in [0.2, 0.25) is 0 Å². The normalized spacial score (nSPS) is 18.4. The van der Waals surface area contributed by atoms with Crippen LogP contribution in [-0.4, -0.2) is 30.1 Å². The lowest BCUT2D eigenvalue weighted by molar-refractivity contribution is -0.385. The molecule has 0 amide bonds. The molecule has 104 valence electrons. The van der Waals surface area contributed by atoms with E-state index in [-0.39, 0.29) is 5.69 Å². The topological polar surface area (TPSA) is 58.4 Å². The summed E-state index contributed by atoms with van der Waals surface area (Å²) in [6.45, 7) is 5.36. The lowest BCUT2D eigenvalue weighted by Crippen LogP contribution is -2.58. The number of anilines is 1. The van der Waals surface area contributed by atoms with E-state index >= 15 is 0 Å². The predicted octanol–water partition coefficient (Wildman–Crippen LogP) is 2.06. The molecular formula is C12H15F2N3O2. The molecular weight excluding hydrogens is 256 g/mol. The van der Waals surface area contributed by atoms with E-state index in [0.717, 1.165) is 12.1 Å². The van der Waals surface area contributed by atoms with E-state index < -0.39 is 27.8 Å². The van der Waals surface area contributed by atoms with Gasteiger partial charge in [0.25, 0.3) is 5.69 Å². The Morgan fingerprint density at radius 2 is 1.95 bits per heavy atom. The summed E-state index contributed by atoms with van der Waals surface area (Å²) in [5.74, 6) is -1.80. The van der Waals surface area contributed by atoms with Crippen LogP contribution < -0.4 is 10.2 Å². The molecule has 0 aromatic heterocycles. The van der Waals surface area contributed by atoms with Crippen LogP contribution in [0.15, 0.2) is 12.1 Å². The highest BCUT2D eigenvalue weighted by molar-refractivity contribution is 5.56. The quantitative estimate of drug-likeness (QED) is 0.660. The predicted molar refractivity (Wildman–Crippen MR) is 67.3 cm³/mol. The maximum atomic E-state index is 14.0. The van der Waals surface area contributed by atoms with Gasteiger partial charge in [0.1, 0.15) is 5.69 Å². The molecule has 0 aliphatic carbocycles. The summed E-state index contributed by atoms with van der Waals surface area (Å²) in [6, 6.07) is 1.52. The van der Waals surface area contributed by atoms with Crippen molar-refractivity contribution in [2.75, 3.05) is 24.5 Å². The summed E-state index contributed by atoms with van der Waals surface area (Å²) in [7, 11) is 0. The van der Waals surface area contributed by atoms with Crippen LogP contribution in [0.5, 0.6) is 0 Å². The van der Waals surface area contributed by atoms with Crippen molar-refractivity contribution in [2.45, 2.75) is 19.4 Å². The van der Waals surface area contributed by atoms with Crippen molar-refractivity contribution in [3.05, 3.63) is 33.9 Å². The van der Waals surface area contributed by atoms with Gasteiger partial charge < -0.3 is 10.2 Å². The van der Waals surface area contributed by atoms with Crippen molar-refractivity contribution in [3.8, 4) is 0 Å². The van der Waals surface area contributed by atoms with Gasteiger partial charge in [-0.1, -0.05) is 0 Å². The fraction of sp³-hybridized carbons (Fsp3) is 0.500. The Morgan fingerprint density at radius 1 is 1.37 bits per heavy atom. The van der Waals surface area contributed by atoms with Gasteiger partial charge in [-0.15, -0.1) is 0 Å². The average molecular weight is 271 g/mol. The second-order valence-electron chi connectivity index (χ2n) is 5.16. The number of hydrogen-bond donors (Lipinski definition) is 1. The molecule has 7 heteroatoms. The number of nitrogens with zero attached hydrogens (tertiary/aromatic N) is 2. The molecule has 0 atom stereocenters. The summed E-state index contributed by atoms with van der Waals surface area (Å²) in [5.41, 5.74) is -1.24. The molecule has 1 aliphatic heterocycles. The molecule has 0 spiro atoms. The summed E-state index contributed by atoms with van der Waals surface area (Å²) < 4.78 is 28.0. The van der Waals surface area contributed by atoms with Crippen molar-refractivity contribution in [1.29, 1.82) is 0 Å². The molecule has 1 saturated heterocycles. The Bertz CT molecular complexity index is 497. The van der Waals surface area contributed by atoms with Crippen LogP contribution in [0.4, 0.5) is 20.2 Å². The third-order valence-electron chi connectivity index (χ3n) is 3.28. The van der Waals surface area contributed by atoms with E-state index in [9.17, 15) is 18.9 Å². The van der Waals surface area contributed by atoms with Crippen LogP contribution in [0.1, 0.15) is 13.8 Å². The van der Waals surface area contributed by atoms with E-state index in [4.69, 9.17) is 0 Å². The SMILES string of the molecule is CC1(C)CNCCN1c1c(F)cc([N+](=O)[O-])cc1F. The minimum Gasteiger partial charge on any atom is -0.359 e. The van der Waals surface area contributed by atoms with E-state index in [1.807, 2.05) is 13.8 Å². The zero-order chi connectivity index (χ0) is 14.2. The summed E-state index contributed by atoms with van der Waals surface area (Å²) in [5, 5.41) is 13.7. The summed E-state index contributed by atoms with van der Waals surface area (Å²) >= 11 is 0. The Kier molecular flexibility index (Phi) is 3.40. The first kappa shape index (κ1) is 13.7. The van der Waals surface area contributed by atoms with Gasteiger partial charge in [-0.3, -0.25) is 10.1 Å². The van der Waals surface area contributed by atoms with Crippen LogP contribution in [-0.2, 0) is 0 Å². The van der Waals surface area contributed by atoms with Gasteiger partial charge in [-0.05, 0) is 13.8 Å². The number of halogens is 2. The molecule has 1 fully saturated rings. The number of nitrogens with one attached hydrogen (secondary N) is 1. The second kappa shape index (κ2) is 4.73. The lowest BCUT2D eigenvalue weighted by Gasteiger charge is -2.44. The van der Waals surface area contributed by atoms with Crippen LogP contribution >= 0.6 is 0 Å². The highest BCUT2D eigenvalue weighted by atomic mass is 19.1. The summed E-state index contributed by atoms with van der Waals surface area (Å²) in [4.78, 5) is 11.4. The molecule has 19 heavy (non-hydrogen) atoms. The van der Waals surface area contributed by atoms with Crippen molar-refractivity contribution in [1.82, 2.24) is 5.32 Å². The van der Waals surface area contributed by atoms with E-state index in [0.29, 0.717) is 19.6 Å². The first-order chi connectivity index (χ1) is 8.83. The summed E-state index contributed by atoms with van der Waals surface area (Å²) in [6.07, 6.45) is 0. The van der Waals surface area contributed by atoms with Crippen LogP contribution in [0, 0.1) is 21.7 Å². The number of nitro groups is 1. The molecule has 5 nitrogen and oxygen atoms in total. The Balaban J connectivity index is 2.47. The van der Waals surface area contributed by atoms with Gasteiger partial charge in [0.05, 0.1) is 17.1 Å². The third-order valence-corrected chi connectivity index (χ3v) is 3.28. The molecule has 1 aliphatic rings. The maximum absolute atomic E-state index is 14.0. The van der Waals surface area contributed by atoms with Gasteiger partial charge in [-0.2, -0.15) is 0 Å². The van der Waals surface area contributed by atoms with Gasteiger partial charge in [0.2, 0.25) is 0 Å². The Hall–Kier alpha value is -1.76. The number of benzene rings is 1. The van der Waals surface area contributed by atoms with E-state index in [1.165, 1.54) is 0 Å². The second-order valence-corrected chi connectivity index (χ2v) is 5.16. The molecule has 2 rings (SSSR count). The average Bonchev–Trinajstić information content (AvgIpc) is 2.29.